The maximum absolute atomic E-state index is 11.6. The van der Waals surface area contributed by atoms with Crippen molar-refractivity contribution in [3.8, 4) is 0 Å². The predicted octanol–water partition coefficient (Wildman–Crippen LogP) is 3.20. The molecule has 0 radical (unpaired) electrons. The largest absolute Gasteiger partial charge is 0.462 e. The summed E-state index contributed by atoms with van der Waals surface area (Å²) in [6.07, 6.45) is 0.802. The minimum absolute atomic E-state index is 0.367. The Labute approximate surface area is 111 Å². The number of ether oxygens (including phenoxy) is 1. The molecule has 1 rings (SSSR count). The van der Waals surface area contributed by atoms with E-state index in [2.05, 4.69) is 38.5 Å². The summed E-state index contributed by atoms with van der Waals surface area (Å²) >= 11 is 5.42. The number of esters is 1. The molecular weight excluding hydrogens is 373 g/mol. The van der Waals surface area contributed by atoms with Gasteiger partial charge >= 0.3 is 5.97 Å². The van der Waals surface area contributed by atoms with Crippen molar-refractivity contribution >= 4 is 50.2 Å². The summed E-state index contributed by atoms with van der Waals surface area (Å²) in [5.41, 5.74) is 6.62. The van der Waals surface area contributed by atoms with E-state index in [0.717, 1.165) is 14.5 Å². The molecular formula is C10H11BrINO2. The zero-order chi connectivity index (χ0) is 11.4. The highest BCUT2D eigenvalue weighted by Crippen LogP contribution is 2.26. The van der Waals surface area contributed by atoms with E-state index in [4.69, 9.17) is 10.5 Å². The molecule has 0 fully saturated rings. The van der Waals surface area contributed by atoms with Gasteiger partial charge in [-0.3, -0.25) is 0 Å². The summed E-state index contributed by atoms with van der Waals surface area (Å²) in [4.78, 5) is 11.6. The van der Waals surface area contributed by atoms with Crippen molar-refractivity contribution in [2.24, 2.45) is 0 Å². The van der Waals surface area contributed by atoms with Crippen LogP contribution < -0.4 is 5.73 Å². The van der Waals surface area contributed by atoms with E-state index in [1.54, 1.807) is 6.07 Å². The van der Waals surface area contributed by atoms with E-state index in [1.165, 1.54) is 0 Å². The zero-order valence-corrected chi connectivity index (χ0v) is 12.0. The average Bonchev–Trinajstić information content (AvgIpc) is 2.19. The lowest BCUT2D eigenvalue weighted by atomic mass is 10.2. The molecule has 1 aromatic rings. The van der Waals surface area contributed by atoms with Crippen LogP contribution in [0.2, 0.25) is 0 Å². The molecule has 0 aliphatic rings. The molecule has 5 heteroatoms. The van der Waals surface area contributed by atoms with Crippen molar-refractivity contribution in [2.75, 3.05) is 12.3 Å². The highest BCUT2D eigenvalue weighted by atomic mass is 127. The number of anilines is 1. The molecule has 0 spiro atoms. The molecule has 0 atom stereocenters. The van der Waals surface area contributed by atoms with Gasteiger partial charge in [0.15, 0.2) is 0 Å². The smallest absolute Gasteiger partial charge is 0.340 e. The van der Waals surface area contributed by atoms with Gasteiger partial charge in [-0.05, 0) is 57.1 Å². The molecule has 0 unspecified atom stereocenters. The first-order chi connectivity index (χ1) is 7.06. The Hall–Kier alpha value is -0.300. The molecule has 0 aliphatic heterocycles. The first kappa shape index (κ1) is 12.8. The van der Waals surface area contributed by atoms with E-state index in [9.17, 15) is 4.79 Å². The summed E-state index contributed by atoms with van der Waals surface area (Å²) < 4.78 is 6.69. The fourth-order valence-electron chi connectivity index (χ4n) is 1.03. The van der Waals surface area contributed by atoms with E-state index >= 15 is 0 Å². The van der Waals surface area contributed by atoms with Gasteiger partial charge in [0.25, 0.3) is 0 Å². The van der Waals surface area contributed by atoms with Crippen LogP contribution in [-0.4, -0.2) is 12.6 Å². The molecule has 3 nitrogen and oxygen atoms in total. The number of nitrogen functional groups attached to an aromatic ring is 1. The SMILES string of the molecule is CCCOC(=O)c1cc(I)cc(Br)c1N. The van der Waals surface area contributed by atoms with Crippen LogP contribution in [0.4, 0.5) is 5.69 Å². The van der Waals surface area contributed by atoms with Gasteiger partial charge in [0.1, 0.15) is 0 Å². The molecule has 0 saturated heterocycles. The van der Waals surface area contributed by atoms with Crippen LogP contribution in [0, 0.1) is 3.57 Å². The number of benzene rings is 1. The first-order valence-electron chi connectivity index (χ1n) is 4.48. The number of halogens is 2. The maximum atomic E-state index is 11.6. The summed E-state index contributed by atoms with van der Waals surface area (Å²) in [7, 11) is 0. The summed E-state index contributed by atoms with van der Waals surface area (Å²) in [5, 5.41) is 0. The van der Waals surface area contributed by atoms with Gasteiger partial charge in [0, 0.05) is 8.04 Å². The zero-order valence-electron chi connectivity index (χ0n) is 8.22. The van der Waals surface area contributed by atoms with Crippen LogP contribution in [0.15, 0.2) is 16.6 Å². The third-order valence-electron chi connectivity index (χ3n) is 1.75. The lowest BCUT2D eigenvalue weighted by Crippen LogP contribution is -2.09. The van der Waals surface area contributed by atoms with Crippen molar-refractivity contribution in [1.82, 2.24) is 0 Å². The number of nitrogens with two attached hydrogens (primary N) is 1. The summed E-state index contributed by atoms with van der Waals surface area (Å²) in [6, 6.07) is 3.57. The second kappa shape index (κ2) is 5.69. The molecule has 0 bridgehead atoms. The first-order valence-corrected chi connectivity index (χ1v) is 6.35. The maximum Gasteiger partial charge on any atom is 0.340 e. The van der Waals surface area contributed by atoms with Gasteiger partial charge in [0.05, 0.1) is 17.9 Å². The van der Waals surface area contributed by atoms with Crippen LogP contribution in [-0.2, 0) is 4.74 Å². The highest BCUT2D eigenvalue weighted by Gasteiger charge is 2.14. The van der Waals surface area contributed by atoms with E-state index in [-0.39, 0.29) is 5.97 Å². The van der Waals surface area contributed by atoms with Gasteiger partial charge < -0.3 is 10.5 Å². The minimum atomic E-state index is -0.367. The predicted molar refractivity (Wildman–Crippen MR) is 71.8 cm³/mol. The molecule has 15 heavy (non-hydrogen) atoms. The van der Waals surface area contributed by atoms with Gasteiger partial charge in [-0.15, -0.1) is 0 Å². The molecule has 0 amide bonds. The fourth-order valence-corrected chi connectivity index (χ4v) is 2.54. The number of rotatable bonds is 3. The quantitative estimate of drug-likeness (QED) is 0.495. The number of carbonyl (C=O) groups is 1. The van der Waals surface area contributed by atoms with Crippen molar-refractivity contribution < 1.29 is 9.53 Å². The minimum Gasteiger partial charge on any atom is -0.462 e. The summed E-state index contributed by atoms with van der Waals surface area (Å²) in [5.74, 6) is -0.367. The molecule has 82 valence electrons. The normalized spacial score (nSPS) is 10.1. The second-order valence-corrected chi connectivity index (χ2v) is 5.08. The number of hydrogen-bond acceptors (Lipinski definition) is 3. The lowest BCUT2D eigenvalue weighted by molar-refractivity contribution is 0.0506. The standard InChI is InChI=1S/C10H11BrINO2/c1-2-3-15-10(14)7-4-6(12)5-8(11)9(7)13/h4-5H,2-3,13H2,1H3. The fraction of sp³-hybridized carbons (Fsp3) is 0.300. The Morgan fingerprint density at radius 1 is 1.60 bits per heavy atom. The molecule has 0 heterocycles. The monoisotopic (exact) mass is 383 g/mol. The van der Waals surface area contributed by atoms with Crippen LogP contribution in [0.3, 0.4) is 0 Å². The molecule has 0 aromatic heterocycles. The van der Waals surface area contributed by atoms with Crippen LogP contribution in [0.1, 0.15) is 23.7 Å². The Bertz CT molecular complexity index is 382. The van der Waals surface area contributed by atoms with Crippen LogP contribution in [0.5, 0.6) is 0 Å². The van der Waals surface area contributed by atoms with Crippen LogP contribution in [0.25, 0.3) is 0 Å². The average molecular weight is 384 g/mol. The van der Waals surface area contributed by atoms with Crippen molar-refractivity contribution in [1.29, 1.82) is 0 Å². The highest BCUT2D eigenvalue weighted by molar-refractivity contribution is 14.1. The van der Waals surface area contributed by atoms with Gasteiger partial charge in [-0.1, -0.05) is 6.92 Å². The molecule has 1 aromatic carbocycles. The second-order valence-electron chi connectivity index (χ2n) is 2.98. The third-order valence-corrected chi connectivity index (χ3v) is 3.03. The lowest BCUT2D eigenvalue weighted by Gasteiger charge is -2.08. The van der Waals surface area contributed by atoms with E-state index in [0.29, 0.717) is 17.9 Å². The Morgan fingerprint density at radius 3 is 2.87 bits per heavy atom. The Kier molecular flexibility index (Phi) is 4.85. The van der Waals surface area contributed by atoms with E-state index < -0.39 is 0 Å². The van der Waals surface area contributed by atoms with E-state index in [1.807, 2.05) is 13.0 Å². The molecule has 0 aliphatic carbocycles. The van der Waals surface area contributed by atoms with Gasteiger partial charge in [-0.25, -0.2) is 4.79 Å². The van der Waals surface area contributed by atoms with Gasteiger partial charge in [-0.2, -0.15) is 0 Å². The Balaban J connectivity index is 2.98. The molecule has 0 saturated carbocycles. The van der Waals surface area contributed by atoms with Crippen molar-refractivity contribution in [3.05, 3.63) is 25.7 Å². The summed E-state index contributed by atoms with van der Waals surface area (Å²) in [6.45, 7) is 2.36. The molecule has 2 N–H and O–H groups in total. The Morgan fingerprint density at radius 2 is 2.27 bits per heavy atom. The topological polar surface area (TPSA) is 52.3 Å². The van der Waals surface area contributed by atoms with Crippen molar-refractivity contribution in [2.45, 2.75) is 13.3 Å². The van der Waals surface area contributed by atoms with Crippen molar-refractivity contribution in [3.63, 3.8) is 0 Å². The number of carbonyl (C=O) groups excluding carboxylic acids is 1. The third kappa shape index (κ3) is 3.34. The van der Waals surface area contributed by atoms with Gasteiger partial charge in [0.2, 0.25) is 0 Å². The number of hydrogen-bond donors (Lipinski definition) is 1. The van der Waals surface area contributed by atoms with Crippen LogP contribution >= 0.6 is 38.5 Å².